The molecule has 0 bridgehead atoms. The van der Waals surface area contributed by atoms with Gasteiger partial charge in [0, 0.05) is 29.0 Å². The van der Waals surface area contributed by atoms with Gasteiger partial charge in [-0.05, 0) is 53.8 Å². The van der Waals surface area contributed by atoms with Crippen molar-refractivity contribution in [3.63, 3.8) is 0 Å². The molecule has 1 unspecified atom stereocenters. The van der Waals surface area contributed by atoms with E-state index in [4.69, 9.17) is 4.99 Å². The molecule has 0 fully saturated rings. The molecule has 12 heteroatoms. The van der Waals surface area contributed by atoms with Crippen molar-refractivity contribution >= 4 is 57.8 Å². The van der Waals surface area contributed by atoms with Gasteiger partial charge in [-0.25, -0.2) is 9.97 Å². The molecule has 2 aliphatic heterocycles. The fourth-order valence-corrected chi connectivity index (χ4v) is 7.46. The summed E-state index contributed by atoms with van der Waals surface area (Å²) in [6.07, 6.45) is 3.30. The van der Waals surface area contributed by atoms with Gasteiger partial charge in [-0.3, -0.25) is 9.13 Å². The molecule has 0 saturated heterocycles. The number of hydrogen-bond donors (Lipinski definition) is 0. The average Bonchev–Trinajstić information content (AvgIpc) is 3.91. The fraction of sp³-hybridized carbons (Fsp3) is 0.0769. The van der Waals surface area contributed by atoms with Gasteiger partial charge in [-0.15, -0.1) is 10.8 Å². The minimum atomic E-state index is -4.69. The summed E-state index contributed by atoms with van der Waals surface area (Å²) in [5.74, 6) is -0.181. The Morgan fingerprint density at radius 2 is 1.51 bits per heavy atom. The summed E-state index contributed by atoms with van der Waals surface area (Å²) in [6.45, 7) is 1.80. The van der Waals surface area contributed by atoms with Gasteiger partial charge in [-0.1, -0.05) is 72.2 Å². The SMILES string of the molecule is CB(c1[c-]c2c(cc1)c1ccccc1n2-c1ccccn1)[N+]1=[C-]C(n2cc3c4c2nc(C(F)(F)F)n4-c2ccccc2-c2ccccc2-3)N=C1.[Pt+2]. The van der Waals surface area contributed by atoms with E-state index in [2.05, 4.69) is 51.1 Å². The third-order valence-corrected chi connectivity index (χ3v) is 9.74. The van der Waals surface area contributed by atoms with Crippen LogP contribution >= 0.6 is 0 Å². The van der Waals surface area contributed by atoms with E-state index in [-0.39, 0.29) is 33.6 Å². The molecule has 51 heavy (non-hydrogen) atoms. The van der Waals surface area contributed by atoms with E-state index in [1.54, 1.807) is 29.2 Å². The molecule has 1 atom stereocenters. The minimum Gasteiger partial charge on any atom is -0.464 e. The van der Waals surface area contributed by atoms with Crippen molar-refractivity contribution in [2.24, 2.45) is 4.99 Å². The Bertz CT molecular complexity index is 2740. The number of pyridine rings is 1. The van der Waals surface area contributed by atoms with Gasteiger partial charge in [0.05, 0.1) is 5.69 Å². The van der Waals surface area contributed by atoms with Crippen molar-refractivity contribution in [1.82, 2.24) is 23.7 Å². The summed E-state index contributed by atoms with van der Waals surface area (Å²) >= 11 is 0. The summed E-state index contributed by atoms with van der Waals surface area (Å²) in [7, 11) is 0. The van der Waals surface area contributed by atoms with Crippen molar-refractivity contribution in [3.05, 3.63) is 127 Å². The number of para-hydroxylation sites is 2. The van der Waals surface area contributed by atoms with Crippen LogP contribution in [0, 0.1) is 6.07 Å². The monoisotopic (exact) mass is 853 g/mol. The van der Waals surface area contributed by atoms with Crippen molar-refractivity contribution in [1.29, 1.82) is 0 Å². The first-order valence-electron chi connectivity index (χ1n) is 16.2. The molecule has 7 nitrogen and oxygen atoms in total. The van der Waals surface area contributed by atoms with Gasteiger partial charge < -0.3 is 9.05 Å². The van der Waals surface area contributed by atoms with Crippen LogP contribution in [-0.2, 0) is 27.2 Å². The van der Waals surface area contributed by atoms with Gasteiger partial charge in [0.2, 0.25) is 5.82 Å². The van der Waals surface area contributed by atoms with Gasteiger partial charge in [0.15, 0.2) is 11.8 Å². The van der Waals surface area contributed by atoms with Crippen LogP contribution in [0.15, 0.2) is 121 Å². The first-order valence-corrected chi connectivity index (χ1v) is 16.2. The molecule has 0 N–H and O–H groups in total. The molecular weight excluding hydrogens is 829 g/mol. The summed E-state index contributed by atoms with van der Waals surface area (Å²) in [6, 6.07) is 36.7. The number of alkyl halides is 3. The molecule has 0 aliphatic carbocycles. The topological polar surface area (TPSA) is 55.9 Å². The Kier molecular flexibility index (Phi) is 7.09. The third kappa shape index (κ3) is 4.64. The molecule has 4 aromatic heterocycles. The van der Waals surface area contributed by atoms with Crippen molar-refractivity contribution in [3.8, 4) is 33.8 Å². The van der Waals surface area contributed by atoms with Gasteiger partial charge in [0.1, 0.15) is 17.7 Å². The maximum atomic E-state index is 14.7. The van der Waals surface area contributed by atoms with E-state index in [9.17, 15) is 13.2 Å². The molecular formula is C39H24BF3N7Pt+. The number of imidazole rings is 1. The van der Waals surface area contributed by atoms with Crippen LogP contribution in [0.25, 0.3) is 66.7 Å². The fourth-order valence-electron chi connectivity index (χ4n) is 7.46. The van der Waals surface area contributed by atoms with Gasteiger partial charge in [0.25, 0.3) is 0 Å². The van der Waals surface area contributed by atoms with Crippen molar-refractivity contribution in [2.75, 3.05) is 0 Å². The number of nitrogens with zero attached hydrogens (tertiary/aromatic N) is 7. The average molecular weight is 854 g/mol. The molecule has 0 amide bonds. The molecule has 0 radical (unpaired) electrons. The second-order valence-electron chi connectivity index (χ2n) is 12.5. The van der Waals surface area contributed by atoms with Crippen LogP contribution in [-0.4, -0.2) is 47.6 Å². The van der Waals surface area contributed by atoms with Crippen molar-refractivity contribution in [2.45, 2.75) is 19.2 Å². The van der Waals surface area contributed by atoms with Crippen LogP contribution in [0.2, 0.25) is 6.82 Å². The second kappa shape index (κ2) is 11.5. The Balaban J connectivity index is 0.00000348. The number of benzene rings is 4. The maximum Gasteiger partial charge on any atom is 2.00 e. The third-order valence-electron chi connectivity index (χ3n) is 9.74. The number of rotatable bonds is 4. The minimum absolute atomic E-state index is 0. The summed E-state index contributed by atoms with van der Waals surface area (Å²) in [5, 5.41) is 2.16. The largest absolute Gasteiger partial charge is 2.00 e. The van der Waals surface area contributed by atoms with Crippen LogP contribution in [0.4, 0.5) is 13.2 Å². The van der Waals surface area contributed by atoms with E-state index in [0.717, 1.165) is 44.2 Å². The predicted octanol–water partition coefficient (Wildman–Crippen LogP) is 7.81. The molecule has 10 rings (SSSR count). The molecule has 2 aliphatic rings. The Morgan fingerprint density at radius 3 is 2.29 bits per heavy atom. The van der Waals surface area contributed by atoms with Gasteiger partial charge in [-0.2, -0.15) is 36.4 Å². The smallest absolute Gasteiger partial charge is 0.464 e. The molecule has 0 saturated carbocycles. The van der Waals surface area contributed by atoms with E-state index < -0.39 is 18.2 Å². The zero-order valence-corrected chi connectivity index (χ0v) is 29.1. The first-order chi connectivity index (χ1) is 24.4. The van der Waals surface area contributed by atoms with Crippen LogP contribution < -0.4 is 5.46 Å². The second-order valence-corrected chi connectivity index (χ2v) is 12.5. The van der Waals surface area contributed by atoms with Crippen molar-refractivity contribution < 1.29 is 38.7 Å². The molecule has 0 spiro atoms. The number of fused-ring (bicyclic) bond motifs is 8. The number of aliphatic imine (C=N–C) groups is 1. The summed E-state index contributed by atoms with van der Waals surface area (Å²) in [5.41, 5.74) is 6.89. The molecule has 8 aromatic rings. The zero-order chi connectivity index (χ0) is 33.7. The number of halogens is 3. The van der Waals surface area contributed by atoms with Crippen LogP contribution in [0.3, 0.4) is 0 Å². The molecule has 248 valence electrons. The predicted molar refractivity (Wildman–Crippen MR) is 190 cm³/mol. The van der Waals surface area contributed by atoms with E-state index in [1.165, 1.54) is 4.57 Å². The standard InChI is InChI=1S/C39H24BF3N7.Pt/c1-40(24-17-18-29-28-13-5-6-14-31(28)49(33(29)20-24)34-16-8-9-19-44-34)47-22-35(45-23-47)48-21-30-26-11-3-2-10-25(26)27-12-4-7-15-32(27)50-36(30)37(48)46-38(50)39(41,42)43;/h2-19,21,23,35H,1H3;/q-1;+2. The van der Waals surface area contributed by atoms with E-state index in [1.807, 2.05) is 84.2 Å². The molecule has 4 aromatic carbocycles. The Morgan fingerprint density at radius 1 is 0.784 bits per heavy atom. The first kappa shape index (κ1) is 31.4. The number of aromatic nitrogens is 5. The Labute approximate surface area is 304 Å². The maximum absolute atomic E-state index is 14.7. The van der Waals surface area contributed by atoms with Crippen LogP contribution in [0.5, 0.6) is 0 Å². The quantitative estimate of drug-likeness (QED) is 0.134. The summed E-state index contributed by atoms with van der Waals surface area (Å²) < 4.78 is 51.0. The summed E-state index contributed by atoms with van der Waals surface area (Å²) in [4.78, 5) is 13.6. The van der Waals surface area contributed by atoms with Crippen LogP contribution in [0.1, 0.15) is 12.0 Å². The normalized spacial score (nSPS) is 14.7. The van der Waals surface area contributed by atoms with Gasteiger partial charge >= 0.3 is 34.1 Å². The van der Waals surface area contributed by atoms with E-state index in [0.29, 0.717) is 22.3 Å². The Hall–Kier alpha value is -5.54. The van der Waals surface area contributed by atoms with E-state index >= 15 is 0 Å². The molecule has 6 heterocycles. The zero-order valence-electron chi connectivity index (χ0n) is 26.8. The number of hydrogen-bond acceptors (Lipinski definition) is 3.